The molecule has 0 aliphatic rings. The maximum absolute atomic E-state index is 6.29. The summed E-state index contributed by atoms with van der Waals surface area (Å²) in [6.45, 7) is 2.12. The number of aryl methyl sites for hydroxylation is 1. The predicted molar refractivity (Wildman–Crippen MR) is 164 cm³/mol. The Morgan fingerprint density at radius 3 is 2.13 bits per heavy atom. The van der Waals surface area contributed by atoms with Crippen molar-refractivity contribution in [3.63, 3.8) is 0 Å². The molecule has 39 heavy (non-hydrogen) atoms. The topological polar surface area (TPSA) is 18.1 Å². The van der Waals surface area contributed by atoms with Crippen LogP contribution in [0, 0.1) is 6.92 Å². The molecule has 0 N–H and O–H groups in total. The summed E-state index contributed by atoms with van der Waals surface area (Å²) in [6, 6.07) is 47.7. The molecule has 0 aliphatic carbocycles. The zero-order valence-electron chi connectivity index (χ0n) is 21.6. The van der Waals surface area contributed by atoms with Crippen LogP contribution in [0.15, 0.2) is 138 Å². The Morgan fingerprint density at radius 1 is 0.487 bits per heavy atom. The Balaban J connectivity index is 1.39. The summed E-state index contributed by atoms with van der Waals surface area (Å²) >= 11 is 0. The highest BCUT2D eigenvalue weighted by Crippen LogP contribution is 2.42. The summed E-state index contributed by atoms with van der Waals surface area (Å²) in [5.74, 6) is 0. The average Bonchev–Trinajstić information content (AvgIpc) is 3.52. The number of hydrogen-bond acceptors (Lipinski definition) is 1. The highest BCUT2D eigenvalue weighted by Gasteiger charge is 2.18. The van der Waals surface area contributed by atoms with Gasteiger partial charge in [0.2, 0.25) is 0 Å². The average molecular weight is 500 g/mol. The maximum atomic E-state index is 6.29. The van der Waals surface area contributed by atoms with Gasteiger partial charge in [0.05, 0.1) is 11.0 Å². The molecule has 0 spiro atoms. The molecule has 2 nitrogen and oxygen atoms in total. The molecule has 0 amide bonds. The van der Waals surface area contributed by atoms with Crippen LogP contribution in [0.1, 0.15) is 5.56 Å². The molecule has 2 heteroatoms. The first-order valence-corrected chi connectivity index (χ1v) is 13.4. The van der Waals surface area contributed by atoms with Gasteiger partial charge in [-0.25, -0.2) is 0 Å². The summed E-state index contributed by atoms with van der Waals surface area (Å²) in [4.78, 5) is 0. The van der Waals surface area contributed by atoms with E-state index in [0.29, 0.717) is 0 Å². The van der Waals surface area contributed by atoms with E-state index in [2.05, 4.69) is 145 Å². The van der Waals surface area contributed by atoms with E-state index in [1.54, 1.807) is 0 Å². The first-order valence-electron chi connectivity index (χ1n) is 13.4. The lowest BCUT2D eigenvalue weighted by molar-refractivity contribution is 0.669. The van der Waals surface area contributed by atoms with Gasteiger partial charge in [-0.15, -0.1) is 0 Å². The first kappa shape index (κ1) is 22.0. The molecule has 2 heterocycles. The third kappa shape index (κ3) is 3.35. The molecule has 0 atom stereocenters. The minimum atomic E-state index is 0.918. The first-order chi connectivity index (χ1) is 19.3. The normalized spacial score (nSPS) is 11.7. The molecule has 0 saturated heterocycles. The number of aromatic nitrogens is 1. The van der Waals surface area contributed by atoms with E-state index in [4.69, 9.17) is 4.42 Å². The van der Waals surface area contributed by atoms with Crippen LogP contribution >= 0.6 is 0 Å². The third-order valence-corrected chi connectivity index (χ3v) is 7.87. The summed E-state index contributed by atoms with van der Waals surface area (Å²) in [7, 11) is 0. The molecule has 8 rings (SSSR count). The van der Waals surface area contributed by atoms with Crippen LogP contribution in [0.2, 0.25) is 0 Å². The Morgan fingerprint density at radius 2 is 1.23 bits per heavy atom. The van der Waals surface area contributed by atoms with Crippen molar-refractivity contribution in [3.8, 4) is 27.9 Å². The molecule has 8 aromatic rings. The number of hydrogen-bond donors (Lipinski definition) is 0. The van der Waals surface area contributed by atoms with Gasteiger partial charge < -0.3 is 8.98 Å². The smallest absolute Gasteiger partial charge is 0.136 e. The minimum absolute atomic E-state index is 0.918. The van der Waals surface area contributed by atoms with Crippen molar-refractivity contribution >= 4 is 43.7 Å². The van der Waals surface area contributed by atoms with E-state index in [1.165, 1.54) is 55.1 Å². The third-order valence-electron chi connectivity index (χ3n) is 7.87. The van der Waals surface area contributed by atoms with E-state index < -0.39 is 0 Å². The van der Waals surface area contributed by atoms with Crippen LogP contribution in [-0.2, 0) is 0 Å². The van der Waals surface area contributed by atoms with Crippen LogP contribution in [0.3, 0.4) is 0 Å². The molecule has 2 aromatic heterocycles. The quantitative estimate of drug-likeness (QED) is 0.236. The number of benzene rings is 6. The van der Waals surface area contributed by atoms with Gasteiger partial charge >= 0.3 is 0 Å². The number of furan rings is 1. The van der Waals surface area contributed by atoms with E-state index in [-0.39, 0.29) is 0 Å². The zero-order valence-corrected chi connectivity index (χ0v) is 21.6. The Kier molecular flexibility index (Phi) is 4.77. The van der Waals surface area contributed by atoms with Crippen molar-refractivity contribution in [3.05, 3.63) is 139 Å². The monoisotopic (exact) mass is 499 g/mol. The Hall–Kier alpha value is -5.08. The molecule has 0 unspecified atom stereocenters. The summed E-state index contributed by atoms with van der Waals surface area (Å²) in [6.07, 6.45) is 0. The fraction of sp³-hybridized carbons (Fsp3) is 0.0270. The van der Waals surface area contributed by atoms with E-state index in [0.717, 1.165) is 22.1 Å². The minimum Gasteiger partial charge on any atom is -0.456 e. The lowest BCUT2D eigenvalue weighted by Gasteiger charge is -2.12. The van der Waals surface area contributed by atoms with Crippen molar-refractivity contribution in [2.75, 3.05) is 0 Å². The van der Waals surface area contributed by atoms with Gasteiger partial charge in [0.1, 0.15) is 11.2 Å². The lowest BCUT2D eigenvalue weighted by Crippen LogP contribution is -1.93. The highest BCUT2D eigenvalue weighted by molar-refractivity contribution is 6.17. The molecule has 0 aliphatic heterocycles. The fourth-order valence-electron chi connectivity index (χ4n) is 6.13. The van der Waals surface area contributed by atoms with E-state index >= 15 is 0 Å². The molecule has 184 valence electrons. The second kappa shape index (κ2) is 8.47. The lowest BCUT2D eigenvalue weighted by atomic mass is 9.91. The molecule has 0 saturated carbocycles. The zero-order chi connectivity index (χ0) is 25.9. The fourth-order valence-corrected chi connectivity index (χ4v) is 6.13. The van der Waals surface area contributed by atoms with Crippen LogP contribution in [0.5, 0.6) is 0 Å². The highest BCUT2D eigenvalue weighted by atomic mass is 16.3. The number of fused-ring (bicyclic) bond motifs is 6. The Bertz CT molecular complexity index is 2180. The van der Waals surface area contributed by atoms with Gasteiger partial charge in [-0.05, 0) is 77.7 Å². The molecular weight excluding hydrogens is 474 g/mol. The molecular formula is C37H25NO. The largest absolute Gasteiger partial charge is 0.456 e. The van der Waals surface area contributed by atoms with Crippen molar-refractivity contribution in [1.82, 2.24) is 4.57 Å². The maximum Gasteiger partial charge on any atom is 0.136 e. The van der Waals surface area contributed by atoms with Crippen LogP contribution in [0.4, 0.5) is 0 Å². The van der Waals surface area contributed by atoms with E-state index in [1.807, 2.05) is 0 Å². The van der Waals surface area contributed by atoms with Crippen LogP contribution in [0.25, 0.3) is 71.7 Å². The van der Waals surface area contributed by atoms with Gasteiger partial charge in [-0.2, -0.15) is 0 Å². The molecule has 0 bridgehead atoms. The Labute approximate surface area is 226 Å². The van der Waals surface area contributed by atoms with Crippen LogP contribution in [-0.4, -0.2) is 4.57 Å². The van der Waals surface area contributed by atoms with E-state index in [9.17, 15) is 0 Å². The van der Waals surface area contributed by atoms with Crippen molar-refractivity contribution in [1.29, 1.82) is 0 Å². The standard InChI is InChI=1S/C37H25NO/c1-24-18-21-35-32(22-24)29-20-19-25(23-36(29)39-35)27-12-5-6-13-28(27)30-15-9-17-34-37(30)31-14-7-8-16-33(31)38(34)26-10-3-2-4-11-26/h2-23H,1H3. The van der Waals surface area contributed by atoms with Gasteiger partial charge in [0.15, 0.2) is 0 Å². The van der Waals surface area contributed by atoms with Gasteiger partial charge in [0, 0.05) is 27.2 Å². The van der Waals surface area contributed by atoms with Gasteiger partial charge in [-0.3, -0.25) is 0 Å². The second-order valence-electron chi connectivity index (χ2n) is 10.2. The van der Waals surface area contributed by atoms with Crippen molar-refractivity contribution < 1.29 is 4.42 Å². The molecule has 0 radical (unpaired) electrons. The SMILES string of the molecule is Cc1ccc2oc3cc(-c4ccccc4-c4cccc5c4c4ccccc4n5-c4ccccc4)ccc3c2c1. The summed E-state index contributed by atoms with van der Waals surface area (Å²) in [5, 5.41) is 4.85. The number of rotatable bonds is 3. The van der Waals surface area contributed by atoms with Gasteiger partial charge in [0.25, 0.3) is 0 Å². The number of nitrogens with zero attached hydrogens (tertiary/aromatic N) is 1. The summed E-state index contributed by atoms with van der Waals surface area (Å²) in [5.41, 5.74) is 11.5. The number of para-hydroxylation sites is 2. The van der Waals surface area contributed by atoms with Crippen molar-refractivity contribution in [2.45, 2.75) is 6.92 Å². The predicted octanol–water partition coefficient (Wildman–Crippen LogP) is 10.3. The summed E-state index contributed by atoms with van der Waals surface area (Å²) < 4.78 is 8.67. The van der Waals surface area contributed by atoms with Crippen molar-refractivity contribution in [2.24, 2.45) is 0 Å². The van der Waals surface area contributed by atoms with Crippen LogP contribution < -0.4 is 0 Å². The molecule has 0 fully saturated rings. The molecule has 6 aromatic carbocycles. The second-order valence-corrected chi connectivity index (χ2v) is 10.2. The van der Waals surface area contributed by atoms with Gasteiger partial charge in [-0.1, -0.05) is 90.5 Å².